The first-order chi connectivity index (χ1) is 12.5. The van der Waals surface area contributed by atoms with Crippen LogP contribution in [0.5, 0.6) is 23.0 Å². The topological polar surface area (TPSA) is 57.2 Å². The molecule has 0 aliphatic carbocycles. The molecule has 0 bridgehead atoms. The van der Waals surface area contributed by atoms with Gasteiger partial charge in [0.1, 0.15) is 5.75 Å². The summed E-state index contributed by atoms with van der Waals surface area (Å²) >= 11 is 0. The van der Waals surface area contributed by atoms with Gasteiger partial charge in [-0.1, -0.05) is 13.0 Å². The molecule has 0 unspecified atom stereocenters. The predicted molar refractivity (Wildman–Crippen MR) is 97.3 cm³/mol. The zero-order chi connectivity index (χ0) is 18.8. The summed E-state index contributed by atoms with van der Waals surface area (Å²) < 4.78 is 21.3. The van der Waals surface area contributed by atoms with Gasteiger partial charge in [0.05, 0.1) is 46.1 Å². The van der Waals surface area contributed by atoms with Crippen LogP contribution < -0.4 is 23.8 Å². The van der Waals surface area contributed by atoms with E-state index in [0.717, 1.165) is 5.56 Å². The average Bonchev–Trinajstić information content (AvgIpc) is 2.70. The highest BCUT2D eigenvalue weighted by molar-refractivity contribution is 6.03. The number of benzene rings is 2. The number of carbonyl (C=O) groups excluding carboxylic acids is 1. The largest absolute Gasteiger partial charge is 0.496 e. The lowest BCUT2D eigenvalue weighted by atomic mass is 9.83. The van der Waals surface area contributed by atoms with Crippen molar-refractivity contribution < 1.29 is 23.7 Å². The Morgan fingerprint density at radius 1 is 0.962 bits per heavy atom. The molecular weight excluding hydrogens is 334 g/mol. The van der Waals surface area contributed by atoms with Gasteiger partial charge in [-0.2, -0.15) is 0 Å². The molecule has 1 radical (unpaired) electrons. The second-order valence-corrected chi connectivity index (χ2v) is 6.02. The zero-order valence-electron chi connectivity index (χ0n) is 15.5. The Hall–Kier alpha value is -2.89. The monoisotopic (exact) mass is 356 g/mol. The van der Waals surface area contributed by atoms with Crippen molar-refractivity contribution in [3.05, 3.63) is 42.0 Å². The van der Waals surface area contributed by atoms with Crippen LogP contribution in [0.2, 0.25) is 0 Å². The summed E-state index contributed by atoms with van der Waals surface area (Å²) in [4.78, 5) is 14.3. The number of methoxy groups -OCH3 is 4. The lowest BCUT2D eigenvalue weighted by Crippen LogP contribution is -2.54. The molecule has 2 aromatic carbocycles. The van der Waals surface area contributed by atoms with Crippen molar-refractivity contribution in [2.45, 2.75) is 13.0 Å². The third kappa shape index (κ3) is 2.81. The van der Waals surface area contributed by atoms with E-state index in [1.54, 1.807) is 45.5 Å². The van der Waals surface area contributed by atoms with E-state index in [1.807, 2.05) is 25.1 Å². The highest BCUT2D eigenvalue weighted by Gasteiger charge is 2.46. The molecule has 3 rings (SSSR count). The second kappa shape index (κ2) is 7.15. The Morgan fingerprint density at radius 2 is 1.62 bits per heavy atom. The number of rotatable bonds is 6. The van der Waals surface area contributed by atoms with E-state index in [2.05, 4.69) is 6.07 Å². The van der Waals surface area contributed by atoms with Gasteiger partial charge in [-0.25, -0.2) is 0 Å². The summed E-state index contributed by atoms with van der Waals surface area (Å²) in [5, 5.41) is 0. The molecule has 1 aliphatic rings. The first-order valence-electron chi connectivity index (χ1n) is 8.24. The Morgan fingerprint density at radius 3 is 2.08 bits per heavy atom. The number of carbonyl (C=O) groups is 1. The van der Waals surface area contributed by atoms with E-state index in [4.69, 9.17) is 18.9 Å². The molecule has 1 fully saturated rings. The van der Waals surface area contributed by atoms with Crippen molar-refractivity contribution in [3.8, 4) is 23.0 Å². The zero-order valence-corrected chi connectivity index (χ0v) is 15.5. The Balaban J connectivity index is 2.02. The SMILES string of the molecule is COc1[c]cc([C@H]2[C@H](C)C(=O)N2c2cc(OC)c(OC)c(OC)c2)cc1. The Bertz CT molecular complexity index is 777. The summed E-state index contributed by atoms with van der Waals surface area (Å²) in [5.74, 6) is 2.08. The normalized spacial score (nSPS) is 19.0. The van der Waals surface area contributed by atoms with Crippen LogP contribution in [0.4, 0.5) is 5.69 Å². The van der Waals surface area contributed by atoms with E-state index < -0.39 is 0 Å². The summed E-state index contributed by atoms with van der Waals surface area (Å²) in [6.45, 7) is 1.92. The van der Waals surface area contributed by atoms with Crippen LogP contribution in [-0.4, -0.2) is 34.3 Å². The molecule has 1 aliphatic heterocycles. The molecular formula is C20H22NO5. The summed E-state index contributed by atoms with van der Waals surface area (Å²) in [5.41, 5.74) is 1.69. The van der Waals surface area contributed by atoms with Gasteiger partial charge < -0.3 is 23.8 Å². The average molecular weight is 356 g/mol. The first kappa shape index (κ1) is 17.9. The smallest absolute Gasteiger partial charge is 0.232 e. The summed E-state index contributed by atoms with van der Waals surface area (Å²) in [6, 6.07) is 12.2. The van der Waals surface area contributed by atoms with Gasteiger partial charge in [-0.3, -0.25) is 4.79 Å². The van der Waals surface area contributed by atoms with Gasteiger partial charge >= 0.3 is 0 Å². The molecule has 0 saturated carbocycles. The van der Waals surface area contributed by atoms with Gasteiger partial charge in [0.25, 0.3) is 0 Å². The second-order valence-electron chi connectivity index (χ2n) is 6.02. The number of amides is 1. The number of ether oxygens (including phenoxy) is 4. The molecule has 1 heterocycles. The van der Waals surface area contributed by atoms with Gasteiger partial charge in [-0.05, 0) is 17.7 Å². The molecule has 1 amide bonds. The van der Waals surface area contributed by atoms with Crippen LogP contribution in [0.3, 0.4) is 0 Å². The first-order valence-corrected chi connectivity index (χ1v) is 8.24. The maximum atomic E-state index is 12.6. The van der Waals surface area contributed by atoms with Crippen molar-refractivity contribution >= 4 is 11.6 Å². The third-order valence-corrected chi connectivity index (χ3v) is 4.68. The number of anilines is 1. The van der Waals surface area contributed by atoms with E-state index in [-0.39, 0.29) is 17.9 Å². The van der Waals surface area contributed by atoms with Crippen molar-refractivity contribution in [2.24, 2.45) is 5.92 Å². The molecule has 26 heavy (non-hydrogen) atoms. The van der Waals surface area contributed by atoms with Gasteiger partial charge in [0, 0.05) is 18.2 Å². The predicted octanol–water partition coefficient (Wildman–Crippen LogP) is 3.25. The highest BCUT2D eigenvalue weighted by Crippen LogP contribution is 2.48. The maximum absolute atomic E-state index is 12.6. The molecule has 2 atom stereocenters. The molecule has 137 valence electrons. The van der Waals surface area contributed by atoms with Crippen LogP contribution in [0.25, 0.3) is 0 Å². The van der Waals surface area contributed by atoms with Crippen molar-refractivity contribution in [2.75, 3.05) is 33.3 Å². The maximum Gasteiger partial charge on any atom is 0.232 e. The molecule has 2 aromatic rings. The lowest BCUT2D eigenvalue weighted by molar-refractivity contribution is -0.129. The minimum atomic E-state index is -0.129. The third-order valence-electron chi connectivity index (χ3n) is 4.68. The minimum Gasteiger partial charge on any atom is -0.496 e. The highest BCUT2D eigenvalue weighted by atomic mass is 16.5. The van der Waals surface area contributed by atoms with Crippen molar-refractivity contribution in [3.63, 3.8) is 0 Å². The summed E-state index contributed by atoms with van der Waals surface area (Å²) in [7, 11) is 6.26. The van der Waals surface area contributed by atoms with Gasteiger partial charge in [0.15, 0.2) is 11.5 Å². The van der Waals surface area contributed by atoms with E-state index in [0.29, 0.717) is 28.7 Å². The minimum absolute atomic E-state index is 0.0418. The number of β-lactam (4-membered cyclic amide) rings is 1. The number of hydrogen-bond acceptors (Lipinski definition) is 5. The molecule has 6 nitrogen and oxygen atoms in total. The molecule has 1 saturated heterocycles. The molecule has 0 spiro atoms. The van der Waals surface area contributed by atoms with Crippen LogP contribution in [0, 0.1) is 12.0 Å². The van der Waals surface area contributed by atoms with Crippen LogP contribution in [0.1, 0.15) is 18.5 Å². The van der Waals surface area contributed by atoms with Crippen LogP contribution in [-0.2, 0) is 4.79 Å². The van der Waals surface area contributed by atoms with Gasteiger partial charge in [-0.15, -0.1) is 0 Å². The molecule has 0 N–H and O–H groups in total. The van der Waals surface area contributed by atoms with Crippen LogP contribution in [0.15, 0.2) is 30.3 Å². The molecule has 6 heteroatoms. The fraction of sp³-hybridized carbons (Fsp3) is 0.350. The standard InChI is InChI=1S/C20H22NO5/c1-12-18(13-6-8-15(23-2)9-7-13)21(20(12)22)14-10-16(24-3)19(26-5)17(11-14)25-4/h6-8,10-12,18H,1-5H3/t12-,18+/m0/s1. The Kier molecular flexibility index (Phi) is 4.93. The van der Waals surface area contributed by atoms with E-state index in [9.17, 15) is 4.79 Å². The van der Waals surface area contributed by atoms with Gasteiger partial charge in [0.2, 0.25) is 11.7 Å². The fourth-order valence-corrected chi connectivity index (χ4v) is 3.30. The molecule has 0 aromatic heterocycles. The number of nitrogens with zero attached hydrogens (tertiary/aromatic N) is 1. The van der Waals surface area contributed by atoms with E-state index in [1.165, 1.54) is 0 Å². The fourth-order valence-electron chi connectivity index (χ4n) is 3.30. The summed E-state index contributed by atoms with van der Waals surface area (Å²) in [6.07, 6.45) is 0. The van der Waals surface area contributed by atoms with Crippen molar-refractivity contribution in [1.82, 2.24) is 0 Å². The Labute approximate surface area is 153 Å². The number of hydrogen-bond donors (Lipinski definition) is 0. The lowest BCUT2D eigenvalue weighted by Gasteiger charge is -2.46. The van der Waals surface area contributed by atoms with Crippen molar-refractivity contribution in [1.29, 1.82) is 0 Å². The van der Waals surface area contributed by atoms with Crippen LogP contribution >= 0.6 is 0 Å². The quantitative estimate of drug-likeness (QED) is 0.744. The van der Waals surface area contributed by atoms with E-state index >= 15 is 0 Å².